The van der Waals surface area contributed by atoms with Gasteiger partial charge >= 0.3 is 0 Å². The smallest absolute Gasteiger partial charge is 0.266 e. The number of carbonyl (C=O) groups excluding carboxylic acids is 1. The molecule has 0 saturated carbocycles. The first kappa shape index (κ1) is 22.6. The monoisotopic (exact) mass is 459 g/mol. The molecule has 0 aliphatic carbocycles. The molecule has 4 aromatic rings. The van der Waals surface area contributed by atoms with E-state index in [1.54, 1.807) is 32.2 Å². The van der Waals surface area contributed by atoms with Crippen molar-refractivity contribution in [1.29, 1.82) is 0 Å². The van der Waals surface area contributed by atoms with Gasteiger partial charge < -0.3 is 10.1 Å². The number of carbonyl (C=O) groups is 1. The summed E-state index contributed by atoms with van der Waals surface area (Å²) in [5.41, 5.74) is 3.93. The molecule has 1 heterocycles. The van der Waals surface area contributed by atoms with Crippen LogP contribution in [0, 0.1) is 13.8 Å². The Bertz CT molecular complexity index is 1400. The van der Waals surface area contributed by atoms with Crippen LogP contribution in [0.1, 0.15) is 18.1 Å². The fourth-order valence-corrected chi connectivity index (χ4v) is 4.50. The molecule has 1 N–H and O–H groups in total. The lowest BCUT2D eigenvalue weighted by Gasteiger charge is -2.17. The predicted octanol–water partition coefficient (Wildman–Crippen LogP) is 5.13. The molecule has 4 rings (SSSR count). The van der Waals surface area contributed by atoms with E-state index < -0.39 is 5.25 Å². The Kier molecular flexibility index (Phi) is 6.51. The molecule has 0 saturated heterocycles. The maximum atomic E-state index is 13.4. The van der Waals surface area contributed by atoms with Crippen LogP contribution < -0.4 is 15.6 Å². The van der Waals surface area contributed by atoms with Gasteiger partial charge in [-0.2, -0.15) is 0 Å². The van der Waals surface area contributed by atoms with E-state index in [0.717, 1.165) is 16.8 Å². The van der Waals surface area contributed by atoms with Gasteiger partial charge in [0.25, 0.3) is 5.56 Å². The van der Waals surface area contributed by atoms with Crippen LogP contribution in [0.2, 0.25) is 0 Å². The molecule has 1 unspecified atom stereocenters. The number of para-hydroxylation sites is 1. The van der Waals surface area contributed by atoms with Crippen LogP contribution in [0.5, 0.6) is 5.75 Å². The molecule has 7 heteroatoms. The summed E-state index contributed by atoms with van der Waals surface area (Å²) in [6, 6.07) is 20.3. The molecule has 1 aromatic heterocycles. The van der Waals surface area contributed by atoms with E-state index in [9.17, 15) is 9.59 Å². The highest BCUT2D eigenvalue weighted by atomic mass is 32.2. The number of amides is 1. The van der Waals surface area contributed by atoms with Crippen molar-refractivity contribution in [2.24, 2.45) is 0 Å². The van der Waals surface area contributed by atoms with Gasteiger partial charge in [0.05, 0.1) is 29.0 Å². The average Bonchev–Trinajstić information content (AvgIpc) is 2.81. The van der Waals surface area contributed by atoms with E-state index >= 15 is 0 Å². The van der Waals surface area contributed by atoms with Gasteiger partial charge in [0.2, 0.25) is 5.91 Å². The first-order valence-electron chi connectivity index (χ1n) is 10.6. The number of aryl methyl sites for hydroxylation is 2. The highest BCUT2D eigenvalue weighted by Gasteiger charge is 2.21. The lowest BCUT2D eigenvalue weighted by molar-refractivity contribution is -0.115. The van der Waals surface area contributed by atoms with Crippen LogP contribution >= 0.6 is 11.8 Å². The predicted molar refractivity (Wildman–Crippen MR) is 134 cm³/mol. The Morgan fingerprint density at radius 1 is 1.06 bits per heavy atom. The second kappa shape index (κ2) is 9.50. The normalized spacial score (nSPS) is 11.9. The summed E-state index contributed by atoms with van der Waals surface area (Å²) in [4.78, 5) is 31.2. The van der Waals surface area contributed by atoms with Crippen molar-refractivity contribution in [3.63, 3.8) is 0 Å². The van der Waals surface area contributed by atoms with Gasteiger partial charge in [-0.05, 0) is 56.7 Å². The van der Waals surface area contributed by atoms with E-state index in [2.05, 4.69) is 5.32 Å². The standard InChI is InChI=1S/C26H25N3O3S/c1-16-12-13-22(17(2)14-16)27-24(30)18(3)33-26-28-23-11-6-5-10-21(23)25(31)29(26)19-8-7-9-20(15-19)32-4/h5-15,18H,1-4H3,(H,27,30). The van der Waals surface area contributed by atoms with E-state index in [1.807, 2.05) is 62.4 Å². The number of hydrogen-bond acceptors (Lipinski definition) is 5. The summed E-state index contributed by atoms with van der Waals surface area (Å²) in [6.45, 7) is 5.78. The van der Waals surface area contributed by atoms with Crippen molar-refractivity contribution in [3.05, 3.63) is 88.2 Å². The summed E-state index contributed by atoms with van der Waals surface area (Å²) >= 11 is 1.24. The molecule has 1 amide bonds. The minimum absolute atomic E-state index is 0.161. The number of benzene rings is 3. The Morgan fingerprint density at radius 2 is 1.85 bits per heavy atom. The lowest BCUT2D eigenvalue weighted by Crippen LogP contribution is -2.26. The van der Waals surface area contributed by atoms with Crippen LogP contribution in [-0.2, 0) is 4.79 Å². The molecule has 0 aliphatic heterocycles. The summed E-state index contributed by atoms with van der Waals surface area (Å²) in [7, 11) is 1.58. The second-order valence-electron chi connectivity index (χ2n) is 7.82. The SMILES string of the molecule is COc1cccc(-n2c(SC(C)C(=O)Nc3ccc(C)cc3C)nc3ccccc3c2=O)c1. The van der Waals surface area contributed by atoms with Crippen LogP contribution in [-0.4, -0.2) is 27.8 Å². The van der Waals surface area contributed by atoms with Crippen molar-refractivity contribution in [1.82, 2.24) is 9.55 Å². The number of rotatable bonds is 6. The summed E-state index contributed by atoms with van der Waals surface area (Å²) in [6.07, 6.45) is 0. The zero-order valence-corrected chi connectivity index (χ0v) is 19.8. The number of nitrogens with one attached hydrogen (secondary N) is 1. The third kappa shape index (κ3) is 4.78. The molecule has 0 spiro atoms. The number of anilines is 1. The third-order valence-electron chi connectivity index (χ3n) is 5.35. The number of nitrogens with zero attached hydrogens (tertiary/aromatic N) is 2. The average molecular weight is 460 g/mol. The molecular weight excluding hydrogens is 434 g/mol. The molecule has 0 fully saturated rings. The van der Waals surface area contributed by atoms with E-state index in [-0.39, 0.29) is 11.5 Å². The molecule has 168 valence electrons. The van der Waals surface area contributed by atoms with Gasteiger partial charge in [-0.1, -0.05) is 47.7 Å². The van der Waals surface area contributed by atoms with Gasteiger partial charge in [0.1, 0.15) is 5.75 Å². The van der Waals surface area contributed by atoms with Crippen LogP contribution in [0.15, 0.2) is 76.7 Å². The molecular formula is C26H25N3O3S. The Balaban J connectivity index is 1.73. The van der Waals surface area contributed by atoms with E-state index in [0.29, 0.717) is 27.5 Å². The quantitative estimate of drug-likeness (QED) is 0.320. The number of thioether (sulfide) groups is 1. The van der Waals surface area contributed by atoms with Crippen molar-refractivity contribution in [3.8, 4) is 11.4 Å². The molecule has 0 radical (unpaired) electrons. The molecule has 3 aromatic carbocycles. The van der Waals surface area contributed by atoms with Crippen LogP contribution in [0.4, 0.5) is 5.69 Å². The van der Waals surface area contributed by atoms with Crippen molar-refractivity contribution in [2.45, 2.75) is 31.2 Å². The maximum absolute atomic E-state index is 13.4. The van der Waals surface area contributed by atoms with Gasteiger partial charge in [-0.15, -0.1) is 0 Å². The molecule has 6 nitrogen and oxygen atoms in total. The Morgan fingerprint density at radius 3 is 2.61 bits per heavy atom. The van der Waals surface area contributed by atoms with Crippen molar-refractivity contribution in [2.75, 3.05) is 12.4 Å². The maximum Gasteiger partial charge on any atom is 0.266 e. The highest BCUT2D eigenvalue weighted by Crippen LogP contribution is 2.27. The number of hydrogen-bond donors (Lipinski definition) is 1. The first-order chi connectivity index (χ1) is 15.9. The summed E-state index contributed by atoms with van der Waals surface area (Å²) in [5.74, 6) is 0.468. The fraction of sp³-hybridized carbons (Fsp3) is 0.192. The highest BCUT2D eigenvalue weighted by molar-refractivity contribution is 8.00. The Hall–Kier alpha value is -3.58. The van der Waals surface area contributed by atoms with Gasteiger partial charge in [0.15, 0.2) is 5.16 Å². The molecule has 33 heavy (non-hydrogen) atoms. The summed E-state index contributed by atoms with van der Waals surface area (Å²) < 4.78 is 6.88. The van der Waals surface area contributed by atoms with Gasteiger partial charge in [-0.25, -0.2) is 4.98 Å². The molecule has 0 aliphatic rings. The number of fused-ring (bicyclic) bond motifs is 1. The minimum Gasteiger partial charge on any atom is -0.497 e. The van der Waals surface area contributed by atoms with Crippen LogP contribution in [0.25, 0.3) is 16.6 Å². The van der Waals surface area contributed by atoms with Gasteiger partial charge in [0, 0.05) is 11.8 Å². The van der Waals surface area contributed by atoms with Gasteiger partial charge in [-0.3, -0.25) is 14.2 Å². The minimum atomic E-state index is -0.490. The van der Waals surface area contributed by atoms with Crippen LogP contribution in [0.3, 0.4) is 0 Å². The number of methoxy groups -OCH3 is 1. The zero-order valence-electron chi connectivity index (χ0n) is 19.0. The van der Waals surface area contributed by atoms with Crippen molar-refractivity contribution < 1.29 is 9.53 Å². The second-order valence-corrected chi connectivity index (χ2v) is 9.13. The van der Waals surface area contributed by atoms with E-state index in [1.165, 1.54) is 16.3 Å². The van der Waals surface area contributed by atoms with Crippen molar-refractivity contribution >= 4 is 34.3 Å². The lowest BCUT2D eigenvalue weighted by atomic mass is 10.1. The fourth-order valence-electron chi connectivity index (χ4n) is 3.57. The number of ether oxygens (including phenoxy) is 1. The topological polar surface area (TPSA) is 73.2 Å². The summed E-state index contributed by atoms with van der Waals surface area (Å²) in [5, 5.41) is 3.45. The molecule has 1 atom stereocenters. The zero-order chi connectivity index (χ0) is 23.5. The Labute approximate surface area is 196 Å². The number of aromatic nitrogens is 2. The third-order valence-corrected chi connectivity index (χ3v) is 6.40. The first-order valence-corrected chi connectivity index (χ1v) is 11.5. The largest absolute Gasteiger partial charge is 0.497 e. The molecule has 0 bridgehead atoms. The van der Waals surface area contributed by atoms with E-state index in [4.69, 9.17) is 9.72 Å².